The van der Waals surface area contributed by atoms with Gasteiger partial charge in [0.15, 0.2) is 5.69 Å². The predicted octanol–water partition coefficient (Wildman–Crippen LogP) is 2.44. The van der Waals surface area contributed by atoms with Gasteiger partial charge in [-0.1, -0.05) is 47.7 Å². The van der Waals surface area contributed by atoms with Crippen molar-refractivity contribution in [3.63, 3.8) is 0 Å². The molecule has 1 aliphatic rings. The number of rotatable bonds is 5. The molecule has 0 saturated heterocycles. The second kappa shape index (κ2) is 8.70. The lowest BCUT2D eigenvalue weighted by molar-refractivity contribution is 0.0945. The van der Waals surface area contributed by atoms with E-state index in [0.717, 1.165) is 29.8 Å². The van der Waals surface area contributed by atoms with Crippen LogP contribution in [0.1, 0.15) is 32.9 Å². The van der Waals surface area contributed by atoms with Crippen LogP contribution < -0.4 is 16.0 Å². The Hall–Kier alpha value is -4.27. The largest absolute Gasteiger partial charge is 0.384 e. The minimum absolute atomic E-state index is 0.239. The lowest BCUT2D eigenvalue weighted by atomic mass is 9.98. The van der Waals surface area contributed by atoms with E-state index in [1.165, 1.54) is 5.56 Å². The molecule has 9 heteroatoms. The van der Waals surface area contributed by atoms with Gasteiger partial charge in [-0.05, 0) is 42.2 Å². The standard InChI is InChI=1S/C24H24N8O/c1-16-22(23(33)27-14-17-6-3-2-4-7-17)29-30-32(16)20-9-5-8-18-15-31(13-11-19(18)20)24-26-12-10-21(25)28-24/h2-10,12H,11,13-15H2,1H3,(H,27,33)(H2,25,26,28). The summed E-state index contributed by atoms with van der Waals surface area (Å²) in [5, 5.41) is 11.4. The number of anilines is 2. The minimum Gasteiger partial charge on any atom is -0.384 e. The quantitative estimate of drug-likeness (QED) is 0.490. The number of carbonyl (C=O) groups is 1. The Labute approximate surface area is 191 Å². The molecule has 0 radical (unpaired) electrons. The van der Waals surface area contributed by atoms with E-state index in [-0.39, 0.29) is 5.91 Å². The van der Waals surface area contributed by atoms with E-state index >= 15 is 0 Å². The van der Waals surface area contributed by atoms with Crippen LogP contribution in [0, 0.1) is 6.92 Å². The monoisotopic (exact) mass is 440 g/mol. The second-order valence-corrected chi connectivity index (χ2v) is 7.97. The van der Waals surface area contributed by atoms with Crippen molar-refractivity contribution in [2.24, 2.45) is 0 Å². The van der Waals surface area contributed by atoms with E-state index in [1.807, 2.05) is 49.4 Å². The molecule has 0 fully saturated rings. The number of benzene rings is 2. The zero-order chi connectivity index (χ0) is 22.8. The smallest absolute Gasteiger partial charge is 0.274 e. The summed E-state index contributed by atoms with van der Waals surface area (Å²) < 4.78 is 1.75. The molecule has 0 atom stereocenters. The van der Waals surface area contributed by atoms with Gasteiger partial charge < -0.3 is 16.0 Å². The second-order valence-electron chi connectivity index (χ2n) is 7.97. The number of nitrogens with two attached hydrogens (primary N) is 1. The minimum atomic E-state index is -0.239. The van der Waals surface area contributed by atoms with Crippen LogP contribution in [-0.4, -0.2) is 37.4 Å². The average molecular weight is 441 g/mol. The highest BCUT2D eigenvalue weighted by molar-refractivity contribution is 5.93. The highest BCUT2D eigenvalue weighted by atomic mass is 16.2. The summed E-state index contributed by atoms with van der Waals surface area (Å²) in [5.41, 5.74) is 11.2. The number of amides is 1. The van der Waals surface area contributed by atoms with Gasteiger partial charge in [-0.15, -0.1) is 5.10 Å². The van der Waals surface area contributed by atoms with Gasteiger partial charge >= 0.3 is 0 Å². The first-order valence-electron chi connectivity index (χ1n) is 10.8. The predicted molar refractivity (Wildman–Crippen MR) is 125 cm³/mol. The molecule has 33 heavy (non-hydrogen) atoms. The van der Waals surface area contributed by atoms with Crippen molar-refractivity contribution < 1.29 is 4.79 Å². The molecule has 1 amide bonds. The highest BCUT2D eigenvalue weighted by Crippen LogP contribution is 2.28. The van der Waals surface area contributed by atoms with Gasteiger partial charge in [0.05, 0.1) is 11.4 Å². The molecule has 2 aromatic carbocycles. The van der Waals surface area contributed by atoms with Gasteiger partial charge in [0.1, 0.15) is 5.82 Å². The molecule has 2 aromatic heterocycles. The number of carbonyl (C=O) groups excluding carboxylic acids is 1. The Balaban J connectivity index is 1.37. The number of nitrogens with one attached hydrogen (secondary N) is 1. The summed E-state index contributed by atoms with van der Waals surface area (Å²) in [4.78, 5) is 23.6. The lowest BCUT2D eigenvalue weighted by Crippen LogP contribution is -2.32. The van der Waals surface area contributed by atoms with Gasteiger partial charge in [0.2, 0.25) is 5.95 Å². The first-order chi connectivity index (χ1) is 16.1. The average Bonchev–Trinajstić information content (AvgIpc) is 3.23. The first-order valence-corrected chi connectivity index (χ1v) is 10.8. The maximum Gasteiger partial charge on any atom is 0.274 e. The maximum atomic E-state index is 12.7. The van der Waals surface area contributed by atoms with E-state index in [2.05, 4.69) is 36.6 Å². The fraction of sp³-hybridized carbons (Fsp3) is 0.208. The van der Waals surface area contributed by atoms with Crippen molar-refractivity contribution >= 4 is 17.7 Å². The molecule has 3 heterocycles. The van der Waals surface area contributed by atoms with Crippen LogP contribution in [0.3, 0.4) is 0 Å². The zero-order valence-electron chi connectivity index (χ0n) is 18.3. The lowest BCUT2D eigenvalue weighted by Gasteiger charge is -2.30. The Kier molecular flexibility index (Phi) is 5.43. The number of nitrogen functional groups attached to an aromatic ring is 1. The molecule has 4 aromatic rings. The van der Waals surface area contributed by atoms with Crippen LogP contribution in [0.25, 0.3) is 5.69 Å². The Morgan fingerprint density at radius 1 is 1.12 bits per heavy atom. The number of nitrogens with zero attached hydrogens (tertiary/aromatic N) is 6. The third-order valence-corrected chi connectivity index (χ3v) is 5.82. The summed E-state index contributed by atoms with van der Waals surface area (Å²) >= 11 is 0. The molecule has 3 N–H and O–H groups in total. The van der Waals surface area contributed by atoms with Crippen molar-refractivity contribution in [2.45, 2.75) is 26.4 Å². The number of fused-ring (bicyclic) bond motifs is 1. The van der Waals surface area contributed by atoms with E-state index in [4.69, 9.17) is 5.73 Å². The van der Waals surface area contributed by atoms with Crippen molar-refractivity contribution in [3.05, 3.63) is 88.9 Å². The molecule has 166 valence electrons. The Morgan fingerprint density at radius 3 is 2.79 bits per heavy atom. The van der Waals surface area contributed by atoms with Crippen LogP contribution in [0.5, 0.6) is 0 Å². The topological polar surface area (TPSA) is 115 Å². The molecule has 0 bridgehead atoms. The molecule has 1 aliphatic heterocycles. The van der Waals surface area contributed by atoms with Crippen LogP contribution >= 0.6 is 0 Å². The van der Waals surface area contributed by atoms with Crippen molar-refractivity contribution in [1.82, 2.24) is 30.3 Å². The highest BCUT2D eigenvalue weighted by Gasteiger charge is 2.24. The molecule has 5 rings (SSSR count). The van der Waals surface area contributed by atoms with E-state index < -0.39 is 0 Å². The van der Waals surface area contributed by atoms with E-state index in [9.17, 15) is 4.79 Å². The first kappa shape index (κ1) is 20.6. The van der Waals surface area contributed by atoms with E-state index in [1.54, 1.807) is 16.9 Å². The molecular weight excluding hydrogens is 416 g/mol. The maximum absolute atomic E-state index is 12.7. The molecule has 0 aliphatic carbocycles. The molecule has 0 unspecified atom stereocenters. The Morgan fingerprint density at radius 2 is 1.97 bits per heavy atom. The fourth-order valence-corrected chi connectivity index (χ4v) is 4.10. The molecule has 0 spiro atoms. The molecule has 0 saturated carbocycles. The van der Waals surface area contributed by atoms with E-state index in [0.29, 0.717) is 36.2 Å². The Bertz CT molecular complexity index is 1300. The summed E-state index contributed by atoms with van der Waals surface area (Å²) in [6, 6.07) is 17.6. The fourth-order valence-electron chi connectivity index (χ4n) is 4.10. The summed E-state index contributed by atoms with van der Waals surface area (Å²) in [5.74, 6) is 0.841. The SMILES string of the molecule is Cc1c(C(=O)NCc2ccccc2)nnn1-c1cccc2c1CCN(c1nccc(N)n1)C2. The van der Waals surface area contributed by atoms with Crippen LogP contribution in [0.15, 0.2) is 60.8 Å². The van der Waals surface area contributed by atoms with Crippen molar-refractivity contribution in [3.8, 4) is 5.69 Å². The summed E-state index contributed by atoms with van der Waals surface area (Å²) in [7, 11) is 0. The third-order valence-electron chi connectivity index (χ3n) is 5.82. The van der Waals surface area contributed by atoms with Crippen molar-refractivity contribution in [1.29, 1.82) is 0 Å². The van der Waals surface area contributed by atoms with Crippen LogP contribution in [-0.2, 0) is 19.5 Å². The van der Waals surface area contributed by atoms with Gasteiger partial charge in [-0.25, -0.2) is 9.67 Å². The third kappa shape index (κ3) is 4.12. The van der Waals surface area contributed by atoms with Gasteiger partial charge in [-0.2, -0.15) is 4.98 Å². The number of hydrogen-bond acceptors (Lipinski definition) is 7. The van der Waals surface area contributed by atoms with Gasteiger partial charge in [-0.3, -0.25) is 4.79 Å². The van der Waals surface area contributed by atoms with Crippen molar-refractivity contribution in [2.75, 3.05) is 17.2 Å². The van der Waals surface area contributed by atoms with Crippen LogP contribution in [0.4, 0.5) is 11.8 Å². The zero-order valence-corrected chi connectivity index (χ0v) is 18.3. The van der Waals surface area contributed by atoms with Gasteiger partial charge in [0, 0.05) is 25.8 Å². The summed E-state index contributed by atoms with van der Waals surface area (Å²) in [6.07, 6.45) is 2.46. The molecular formula is C24H24N8O. The van der Waals surface area contributed by atoms with Crippen LogP contribution in [0.2, 0.25) is 0 Å². The van der Waals surface area contributed by atoms with Gasteiger partial charge in [0.25, 0.3) is 5.91 Å². The normalized spacial score (nSPS) is 12.9. The summed E-state index contributed by atoms with van der Waals surface area (Å²) in [6.45, 7) is 3.73. The number of aromatic nitrogens is 5. The number of hydrogen-bond donors (Lipinski definition) is 2. The molecule has 9 nitrogen and oxygen atoms in total.